The van der Waals surface area contributed by atoms with Crippen LogP contribution in [0.4, 0.5) is 5.13 Å². The molecule has 0 aliphatic heterocycles. The predicted octanol–water partition coefficient (Wildman–Crippen LogP) is 2.49. The number of carbonyl (C=O) groups is 1. The maximum Gasteiger partial charge on any atom is 0.241 e. The maximum atomic E-state index is 12.2. The lowest BCUT2D eigenvalue weighted by atomic mass is 10.2. The Bertz CT molecular complexity index is 983. The molecule has 134 valence electrons. The Morgan fingerprint density at radius 1 is 1.31 bits per heavy atom. The van der Waals surface area contributed by atoms with Gasteiger partial charge in [0.1, 0.15) is 5.75 Å². The Balaban J connectivity index is 1.97. The lowest BCUT2D eigenvalue weighted by Crippen LogP contribution is -2.23. The number of nitrogens with one attached hydrogen (secondary N) is 1. The van der Waals surface area contributed by atoms with Gasteiger partial charge in [-0.2, -0.15) is 10.5 Å². The molecule has 2 rings (SSSR count). The molecule has 7 nitrogen and oxygen atoms in total. The van der Waals surface area contributed by atoms with Crippen molar-refractivity contribution < 1.29 is 13.2 Å². The van der Waals surface area contributed by atoms with Crippen molar-refractivity contribution in [1.29, 1.82) is 10.5 Å². The molecule has 10 heteroatoms. The van der Waals surface area contributed by atoms with Crippen LogP contribution in [0.15, 0.2) is 28.5 Å². The summed E-state index contributed by atoms with van der Waals surface area (Å²) in [4.78, 5) is 16.2. The van der Waals surface area contributed by atoms with E-state index in [2.05, 4.69) is 10.3 Å². The molecule has 0 atom stereocenters. The molecule has 0 saturated carbocycles. The summed E-state index contributed by atoms with van der Waals surface area (Å²) in [6, 6.07) is 10.1. The first kappa shape index (κ1) is 19.9. The zero-order valence-corrected chi connectivity index (χ0v) is 16.2. The van der Waals surface area contributed by atoms with Gasteiger partial charge in [0.15, 0.2) is 15.0 Å². The molecule has 0 spiro atoms. The first-order chi connectivity index (χ1) is 12.3. The summed E-state index contributed by atoms with van der Waals surface area (Å²) in [7, 11) is -3.66. The number of aromatic nitrogens is 1. The van der Waals surface area contributed by atoms with Crippen molar-refractivity contribution in [2.75, 3.05) is 16.8 Å². The molecule has 0 aliphatic rings. The molecule has 1 heterocycles. The number of anilines is 1. The van der Waals surface area contributed by atoms with Crippen LogP contribution in [-0.2, 0) is 20.4 Å². The van der Waals surface area contributed by atoms with Crippen molar-refractivity contribution in [1.82, 2.24) is 4.98 Å². The topological polar surface area (TPSA) is 124 Å². The summed E-state index contributed by atoms with van der Waals surface area (Å²) in [6.07, 6.45) is 0. The van der Waals surface area contributed by atoms with Crippen LogP contribution in [0.5, 0.6) is 0 Å². The second kappa shape index (κ2) is 8.81. The highest BCUT2D eigenvalue weighted by Gasteiger charge is 2.19. The fourth-order valence-electron chi connectivity index (χ4n) is 2.00. The molecule has 0 bridgehead atoms. The third kappa shape index (κ3) is 5.85. The Morgan fingerprint density at radius 2 is 2.00 bits per heavy atom. The molecule has 0 unspecified atom stereocenters. The first-order valence-corrected chi connectivity index (χ1v) is 10.9. The fourth-order valence-corrected chi connectivity index (χ4v) is 5.09. The van der Waals surface area contributed by atoms with E-state index in [0.717, 1.165) is 4.21 Å². The third-order valence-electron chi connectivity index (χ3n) is 3.09. The van der Waals surface area contributed by atoms with Crippen molar-refractivity contribution in [2.45, 2.75) is 16.9 Å². The maximum absolute atomic E-state index is 12.2. The zero-order valence-electron chi connectivity index (χ0n) is 13.7. The molecule has 1 N–H and O–H groups in total. The number of thioether (sulfide) groups is 1. The van der Waals surface area contributed by atoms with E-state index in [1.807, 2.05) is 12.1 Å². The van der Waals surface area contributed by atoms with Gasteiger partial charge in [0.05, 0.1) is 39.1 Å². The minimum atomic E-state index is -3.66. The Morgan fingerprint density at radius 3 is 2.62 bits per heavy atom. The molecular formula is C16H14N4O3S3. The number of sulfone groups is 1. The van der Waals surface area contributed by atoms with Crippen LogP contribution in [-0.4, -0.2) is 30.8 Å². The third-order valence-corrected chi connectivity index (χ3v) is 6.87. The number of benzene rings is 1. The van der Waals surface area contributed by atoms with Crippen LogP contribution in [0.25, 0.3) is 0 Å². The van der Waals surface area contributed by atoms with E-state index < -0.39 is 21.5 Å². The quantitative estimate of drug-likeness (QED) is 0.701. The standard InChI is InChI=1S/C16H14N4O3S3/c1-11-15(24-7-6-17)25-16(19-11)20-14(21)10-26(22,23)9-13-4-2-12(8-18)3-5-13/h2-5H,7,9-10H2,1H3,(H,19,20,21). The van der Waals surface area contributed by atoms with E-state index in [0.29, 0.717) is 22.0 Å². The van der Waals surface area contributed by atoms with Crippen molar-refractivity contribution in [3.63, 3.8) is 0 Å². The second-order valence-corrected chi connectivity index (χ2v) is 9.54. The number of carbonyl (C=O) groups excluding carboxylic acids is 1. The molecule has 0 radical (unpaired) electrons. The lowest BCUT2D eigenvalue weighted by Gasteiger charge is -2.05. The highest BCUT2D eigenvalue weighted by atomic mass is 32.2. The van der Waals surface area contributed by atoms with E-state index in [1.165, 1.54) is 35.2 Å². The number of aryl methyl sites for hydroxylation is 1. The van der Waals surface area contributed by atoms with Gasteiger partial charge in [-0.25, -0.2) is 13.4 Å². The van der Waals surface area contributed by atoms with Crippen molar-refractivity contribution in [2.24, 2.45) is 0 Å². The van der Waals surface area contributed by atoms with E-state index in [4.69, 9.17) is 10.5 Å². The minimum absolute atomic E-state index is 0.273. The zero-order chi connectivity index (χ0) is 19.2. The number of hydrogen-bond acceptors (Lipinski definition) is 8. The lowest BCUT2D eigenvalue weighted by molar-refractivity contribution is -0.113. The average molecular weight is 407 g/mol. The summed E-state index contributed by atoms with van der Waals surface area (Å²) < 4.78 is 25.2. The van der Waals surface area contributed by atoms with Crippen LogP contribution in [0, 0.1) is 29.6 Å². The summed E-state index contributed by atoms with van der Waals surface area (Å²) >= 11 is 2.52. The largest absolute Gasteiger partial charge is 0.301 e. The summed E-state index contributed by atoms with van der Waals surface area (Å²) in [6.45, 7) is 1.76. The normalized spacial score (nSPS) is 10.7. The van der Waals surface area contributed by atoms with Gasteiger partial charge in [-0.1, -0.05) is 35.2 Å². The number of hydrogen-bond donors (Lipinski definition) is 1. The molecule has 1 amide bonds. The highest BCUT2D eigenvalue weighted by molar-refractivity contribution is 8.01. The molecule has 26 heavy (non-hydrogen) atoms. The highest BCUT2D eigenvalue weighted by Crippen LogP contribution is 2.31. The van der Waals surface area contributed by atoms with E-state index in [9.17, 15) is 13.2 Å². The van der Waals surface area contributed by atoms with Crippen molar-refractivity contribution in [3.8, 4) is 12.1 Å². The van der Waals surface area contributed by atoms with Gasteiger partial charge in [0.2, 0.25) is 5.91 Å². The summed E-state index contributed by atoms with van der Waals surface area (Å²) in [5.41, 5.74) is 1.64. The number of nitriles is 2. The van der Waals surface area contributed by atoms with Crippen LogP contribution in [0.3, 0.4) is 0 Å². The Kier molecular flexibility index (Phi) is 6.75. The summed E-state index contributed by atoms with van der Waals surface area (Å²) in [5, 5.41) is 20.2. The van der Waals surface area contributed by atoms with Gasteiger partial charge in [-0.15, -0.1) is 0 Å². The number of thiazole rings is 1. The van der Waals surface area contributed by atoms with Gasteiger partial charge in [-0.05, 0) is 24.6 Å². The van der Waals surface area contributed by atoms with E-state index in [-0.39, 0.29) is 11.5 Å². The molecule has 1 aromatic heterocycles. The fraction of sp³-hybridized carbons (Fsp3) is 0.250. The number of rotatable bonds is 7. The first-order valence-electron chi connectivity index (χ1n) is 7.29. The van der Waals surface area contributed by atoms with Crippen LogP contribution < -0.4 is 5.32 Å². The molecule has 2 aromatic rings. The van der Waals surface area contributed by atoms with Gasteiger partial charge in [-0.3, -0.25) is 4.79 Å². The van der Waals surface area contributed by atoms with Gasteiger partial charge in [0, 0.05) is 0 Å². The molecule has 0 saturated heterocycles. The van der Waals surface area contributed by atoms with Gasteiger partial charge in [0.25, 0.3) is 0 Å². The minimum Gasteiger partial charge on any atom is -0.301 e. The predicted molar refractivity (Wildman–Crippen MR) is 100 cm³/mol. The number of nitrogens with zero attached hydrogens (tertiary/aromatic N) is 3. The van der Waals surface area contributed by atoms with Crippen molar-refractivity contribution >= 4 is 44.0 Å². The average Bonchev–Trinajstić information content (AvgIpc) is 2.91. The molecule has 0 aliphatic carbocycles. The summed E-state index contributed by atoms with van der Waals surface area (Å²) in [5.74, 6) is -1.34. The Labute approximate surface area is 159 Å². The van der Waals surface area contributed by atoms with Gasteiger partial charge >= 0.3 is 0 Å². The second-order valence-electron chi connectivity index (χ2n) is 5.23. The van der Waals surface area contributed by atoms with Gasteiger partial charge < -0.3 is 5.32 Å². The Hall–Kier alpha value is -2.40. The van der Waals surface area contributed by atoms with E-state index >= 15 is 0 Å². The number of amides is 1. The molecule has 1 aromatic carbocycles. The van der Waals surface area contributed by atoms with E-state index in [1.54, 1.807) is 19.1 Å². The smallest absolute Gasteiger partial charge is 0.241 e. The van der Waals surface area contributed by atoms with Crippen LogP contribution >= 0.6 is 23.1 Å². The van der Waals surface area contributed by atoms with Crippen LogP contribution in [0.1, 0.15) is 16.8 Å². The molecule has 0 fully saturated rings. The monoisotopic (exact) mass is 406 g/mol. The van der Waals surface area contributed by atoms with Crippen LogP contribution in [0.2, 0.25) is 0 Å². The molecular weight excluding hydrogens is 392 g/mol. The SMILES string of the molecule is Cc1nc(NC(=O)CS(=O)(=O)Cc2ccc(C#N)cc2)sc1SCC#N. The van der Waals surface area contributed by atoms with Crippen molar-refractivity contribution in [3.05, 3.63) is 41.1 Å².